The fourth-order valence-corrected chi connectivity index (χ4v) is 0.876. The van der Waals surface area contributed by atoms with Gasteiger partial charge in [0.2, 0.25) is 6.04 Å². The maximum Gasteiger partial charge on any atom is 0.332 e. The third kappa shape index (κ3) is 5.31. The molecular weight excluding hydrogens is 186 g/mol. The van der Waals surface area contributed by atoms with Gasteiger partial charge in [0.25, 0.3) is 0 Å². The molecule has 0 fully saturated rings. The lowest BCUT2D eigenvalue weighted by molar-refractivity contribution is -0.150. The van der Waals surface area contributed by atoms with Crippen molar-refractivity contribution < 1.29 is 19.8 Å². The van der Waals surface area contributed by atoms with Crippen LogP contribution in [0.1, 0.15) is 19.8 Å². The zero-order valence-electron chi connectivity index (χ0n) is 8.06. The Labute approximate surface area is 82.4 Å². The summed E-state index contributed by atoms with van der Waals surface area (Å²) in [7, 11) is 0. The summed E-state index contributed by atoms with van der Waals surface area (Å²) in [5.74, 6) is -2.73. The minimum absolute atomic E-state index is 0.347. The molecule has 0 aliphatic rings. The molecule has 0 atom stereocenters. The zero-order valence-corrected chi connectivity index (χ0v) is 8.06. The molecule has 0 aliphatic heterocycles. The van der Waals surface area contributed by atoms with Crippen molar-refractivity contribution in [1.82, 2.24) is 5.32 Å². The summed E-state index contributed by atoms with van der Waals surface area (Å²) in [4.78, 5) is 20.8. The zero-order chi connectivity index (χ0) is 11.0. The van der Waals surface area contributed by atoms with Crippen molar-refractivity contribution in [2.24, 2.45) is 0 Å². The van der Waals surface area contributed by atoms with Gasteiger partial charge in [-0.2, -0.15) is 0 Å². The summed E-state index contributed by atoms with van der Waals surface area (Å²) in [5.41, 5.74) is 0. The van der Waals surface area contributed by atoms with E-state index < -0.39 is 18.0 Å². The molecule has 0 aliphatic carbocycles. The molecule has 5 nitrogen and oxygen atoms in total. The van der Waals surface area contributed by atoms with Gasteiger partial charge < -0.3 is 10.2 Å². The lowest BCUT2D eigenvalue weighted by Gasteiger charge is -2.07. The van der Waals surface area contributed by atoms with Crippen molar-refractivity contribution >= 4 is 11.9 Å². The van der Waals surface area contributed by atoms with Crippen LogP contribution in [0.25, 0.3) is 0 Å². The molecule has 3 N–H and O–H groups in total. The van der Waals surface area contributed by atoms with Crippen LogP contribution in [-0.4, -0.2) is 34.7 Å². The maximum atomic E-state index is 10.4. The number of carboxylic acids is 2. The van der Waals surface area contributed by atoms with E-state index in [4.69, 9.17) is 10.2 Å². The van der Waals surface area contributed by atoms with Crippen molar-refractivity contribution in [3.05, 3.63) is 12.2 Å². The molecule has 5 heteroatoms. The Morgan fingerprint density at radius 3 is 2.29 bits per heavy atom. The van der Waals surface area contributed by atoms with Crippen LogP contribution in [0, 0.1) is 0 Å². The molecule has 0 radical (unpaired) electrons. The van der Waals surface area contributed by atoms with E-state index in [0.717, 1.165) is 6.42 Å². The number of allylic oxidation sites excluding steroid dienone is 1. The predicted octanol–water partition coefficient (Wildman–Crippen LogP) is 0.470. The van der Waals surface area contributed by atoms with E-state index in [-0.39, 0.29) is 0 Å². The van der Waals surface area contributed by atoms with E-state index in [2.05, 4.69) is 5.32 Å². The van der Waals surface area contributed by atoms with Gasteiger partial charge >= 0.3 is 11.9 Å². The average molecular weight is 201 g/mol. The SMILES string of the molecule is CCC=CCCNC(C(=O)O)C(=O)O. The first-order chi connectivity index (χ1) is 6.59. The highest BCUT2D eigenvalue weighted by atomic mass is 16.4. The van der Waals surface area contributed by atoms with E-state index in [0.29, 0.717) is 13.0 Å². The predicted molar refractivity (Wildman–Crippen MR) is 51.1 cm³/mol. The second kappa shape index (κ2) is 7.08. The van der Waals surface area contributed by atoms with Gasteiger partial charge in [-0.25, -0.2) is 9.59 Å². The topological polar surface area (TPSA) is 86.6 Å². The molecule has 14 heavy (non-hydrogen) atoms. The summed E-state index contributed by atoms with van der Waals surface area (Å²) < 4.78 is 0. The number of aliphatic carboxylic acids is 2. The first kappa shape index (κ1) is 12.6. The second-order valence-electron chi connectivity index (χ2n) is 2.73. The van der Waals surface area contributed by atoms with Crippen LogP contribution in [0.5, 0.6) is 0 Å². The fraction of sp³-hybridized carbons (Fsp3) is 0.556. The molecule has 0 unspecified atom stereocenters. The highest BCUT2D eigenvalue weighted by molar-refractivity contribution is 5.97. The average Bonchev–Trinajstić information content (AvgIpc) is 2.09. The van der Waals surface area contributed by atoms with Crippen LogP contribution in [0.2, 0.25) is 0 Å². The number of rotatable bonds is 7. The van der Waals surface area contributed by atoms with E-state index in [1.54, 1.807) is 0 Å². The quantitative estimate of drug-likeness (QED) is 0.316. The minimum Gasteiger partial charge on any atom is -0.480 e. The van der Waals surface area contributed by atoms with Crippen LogP contribution in [0.15, 0.2) is 12.2 Å². The first-order valence-corrected chi connectivity index (χ1v) is 4.43. The molecule has 0 spiro atoms. The van der Waals surface area contributed by atoms with Gasteiger partial charge in [-0.15, -0.1) is 0 Å². The van der Waals surface area contributed by atoms with Crippen LogP contribution >= 0.6 is 0 Å². The van der Waals surface area contributed by atoms with Crippen molar-refractivity contribution in [1.29, 1.82) is 0 Å². The summed E-state index contributed by atoms with van der Waals surface area (Å²) in [6.07, 6.45) is 5.37. The number of nitrogens with one attached hydrogen (secondary N) is 1. The highest BCUT2D eigenvalue weighted by Gasteiger charge is 2.23. The van der Waals surface area contributed by atoms with Crippen molar-refractivity contribution in [2.45, 2.75) is 25.8 Å². The lowest BCUT2D eigenvalue weighted by Crippen LogP contribution is -2.43. The Kier molecular flexibility index (Phi) is 6.39. The summed E-state index contributed by atoms with van der Waals surface area (Å²) in [5, 5.41) is 19.4. The van der Waals surface area contributed by atoms with Gasteiger partial charge in [-0.3, -0.25) is 5.32 Å². The number of hydrogen-bond acceptors (Lipinski definition) is 3. The van der Waals surface area contributed by atoms with E-state index in [1.165, 1.54) is 0 Å². The Morgan fingerprint density at radius 2 is 1.86 bits per heavy atom. The fourth-order valence-electron chi connectivity index (χ4n) is 0.876. The molecule has 0 rings (SSSR count). The van der Waals surface area contributed by atoms with Crippen molar-refractivity contribution in [3.63, 3.8) is 0 Å². The Hall–Kier alpha value is -1.36. The van der Waals surface area contributed by atoms with Crippen LogP contribution < -0.4 is 5.32 Å². The van der Waals surface area contributed by atoms with E-state index in [1.807, 2.05) is 19.1 Å². The molecule has 0 aromatic heterocycles. The monoisotopic (exact) mass is 201 g/mol. The molecule has 0 heterocycles. The third-order valence-corrected chi connectivity index (χ3v) is 1.56. The number of carbonyl (C=O) groups is 2. The van der Waals surface area contributed by atoms with Crippen molar-refractivity contribution in [3.8, 4) is 0 Å². The molecular formula is C9H15NO4. The molecule has 0 amide bonds. The van der Waals surface area contributed by atoms with E-state index >= 15 is 0 Å². The van der Waals surface area contributed by atoms with Gasteiger partial charge in [-0.1, -0.05) is 19.1 Å². The smallest absolute Gasteiger partial charge is 0.332 e. The summed E-state index contributed by atoms with van der Waals surface area (Å²) in [6, 6.07) is -1.51. The normalized spacial score (nSPS) is 11.0. The first-order valence-electron chi connectivity index (χ1n) is 4.43. The van der Waals surface area contributed by atoms with Gasteiger partial charge in [0.15, 0.2) is 0 Å². The van der Waals surface area contributed by atoms with Crippen LogP contribution in [0.3, 0.4) is 0 Å². The highest BCUT2D eigenvalue weighted by Crippen LogP contribution is 1.88. The molecule has 0 saturated carbocycles. The third-order valence-electron chi connectivity index (χ3n) is 1.56. The largest absolute Gasteiger partial charge is 0.480 e. The maximum absolute atomic E-state index is 10.4. The Balaban J connectivity index is 3.78. The molecule has 0 saturated heterocycles. The Morgan fingerprint density at radius 1 is 1.29 bits per heavy atom. The minimum atomic E-state index is -1.51. The van der Waals surface area contributed by atoms with Crippen molar-refractivity contribution in [2.75, 3.05) is 6.54 Å². The second-order valence-corrected chi connectivity index (χ2v) is 2.73. The van der Waals surface area contributed by atoms with Gasteiger partial charge in [0.1, 0.15) is 0 Å². The lowest BCUT2D eigenvalue weighted by atomic mass is 10.3. The van der Waals surface area contributed by atoms with Gasteiger partial charge in [-0.05, 0) is 19.4 Å². The van der Waals surface area contributed by atoms with Gasteiger partial charge in [0.05, 0.1) is 0 Å². The number of hydrogen-bond donors (Lipinski definition) is 3. The molecule has 0 bridgehead atoms. The molecule has 0 aromatic rings. The summed E-state index contributed by atoms with van der Waals surface area (Å²) >= 11 is 0. The van der Waals surface area contributed by atoms with Crippen LogP contribution in [0.4, 0.5) is 0 Å². The number of carboxylic acid groups (broad SMARTS) is 2. The molecule has 0 aromatic carbocycles. The van der Waals surface area contributed by atoms with Crippen LogP contribution in [-0.2, 0) is 9.59 Å². The standard InChI is InChI=1S/C9H15NO4/c1-2-3-4-5-6-10-7(8(11)12)9(13)14/h3-4,7,10H,2,5-6H2,1H3,(H,11,12)(H,13,14). The van der Waals surface area contributed by atoms with E-state index in [9.17, 15) is 9.59 Å². The molecule has 80 valence electrons. The Bertz CT molecular complexity index is 211. The summed E-state index contributed by atoms with van der Waals surface area (Å²) in [6.45, 7) is 2.33. The van der Waals surface area contributed by atoms with Gasteiger partial charge in [0, 0.05) is 0 Å².